The molecule has 0 saturated carbocycles. The molecule has 3 heterocycles. The fourth-order valence-electron chi connectivity index (χ4n) is 4.40. The van der Waals surface area contributed by atoms with Crippen LogP contribution in [0.4, 0.5) is 0 Å². The van der Waals surface area contributed by atoms with Crippen LogP contribution in [0.3, 0.4) is 0 Å². The maximum absolute atomic E-state index is 6.17. The van der Waals surface area contributed by atoms with Gasteiger partial charge in [-0.15, -0.1) is 0 Å². The summed E-state index contributed by atoms with van der Waals surface area (Å²) in [5.74, 6) is 0.933. The van der Waals surface area contributed by atoms with E-state index in [0.717, 1.165) is 37.6 Å². The Hall–Kier alpha value is -2.76. The molecule has 1 aromatic carbocycles. The highest BCUT2D eigenvalue weighted by Gasteiger charge is 2.25. The first-order valence-electron chi connectivity index (χ1n) is 11.3. The van der Waals surface area contributed by atoms with Gasteiger partial charge in [-0.3, -0.25) is 19.8 Å². The van der Waals surface area contributed by atoms with Gasteiger partial charge in [-0.25, -0.2) is 0 Å². The average Bonchev–Trinajstić information content (AvgIpc) is 3.27. The van der Waals surface area contributed by atoms with Crippen LogP contribution in [0.5, 0.6) is 5.75 Å². The van der Waals surface area contributed by atoms with E-state index in [9.17, 15) is 0 Å². The van der Waals surface area contributed by atoms with Gasteiger partial charge in [-0.2, -0.15) is 0 Å². The first-order chi connectivity index (χ1) is 15.3. The minimum atomic E-state index is 0.479. The van der Waals surface area contributed by atoms with Crippen molar-refractivity contribution < 1.29 is 4.74 Å². The number of ether oxygens (including phenoxy) is 1. The molecule has 3 aromatic rings. The molecule has 4 rings (SSSR count). The number of aromatic nitrogens is 2. The Bertz CT molecular complexity index is 919. The lowest BCUT2D eigenvalue weighted by molar-refractivity contribution is 0.164. The van der Waals surface area contributed by atoms with Crippen LogP contribution in [0.25, 0.3) is 0 Å². The van der Waals surface area contributed by atoms with Crippen molar-refractivity contribution in [1.29, 1.82) is 0 Å². The Balaban J connectivity index is 1.49. The van der Waals surface area contributed by atoms with Gasteiger partial charge in [0.05, 0.1) is 5.69 Å². The number of hydrogen-bond acceptors (Lipinski definition) is 5. The molecule has 1 aliphatic heterocycles. The molecule has 1 unspecified atom stereocenters. The van der Waals surface area contributed by atoms with Gasteiger partial charge < -0.3 is 4.74 Å². The molecule has 31 heavy (non-hydrogen) atoms. The number of likely N-dealkylation sites (N-methyl/N-ethyl adjacent to an activating group) is 1. The first-order valence-corrected chi connectivity index (χ1v) is 11.3. The van der Waals surface area contributed by atoms with Crippen LogP contribution in [0.15, 0.2) is 73.2 Å². The predicted molar refractivity (Wildman–Crippen MR) is 124 cm³/mol. The normalized spacial score (nSPS) is 16.6. The van der Waals surface area contributed by atoms with E-state index in [-0.39, 0.29) is 0 Å². The van der Waals surface area contributed by atoms with Crippen molar-refractivity contribution >= 4 is 0 Å². The molecule has 162 valence electrons. The molecule has 5 nitrogen and oxygen atoms in total. The van der Waals surface area contributed by atoms with E-state index in [1.165, 1.54) is 30.5 Å². The Morgan fingerprint density at radius 1 is 1.03 bits per heavy atom. The monoisotopic (exact) mass is 416 g/mol. The number of hydrogen-bond donors (Lipinski definition) is 0. The SMILES string of the molecule is CCN1CCCC1CN(Cc1cccnc1)Cc1ccccc1OCc1ccccn1. The second kappa shape index (κ2) is 11.0. The minimum Gasteiger partial charge on any atom is -0.487 e. The summed E-state index contributed by atoms with van der Waals surface area (Å²) in [6.45, 7) is 7.87. The molecule has 0 bridgehead atoms. The zero-order chi connectivity index (χ0) is 21.3. The quantitative estimate of drug-likeness (QED) is 0.485. The van der Waals surface area contributed by atoms with Crippen LogP contribution in [0.2, 0.25) is 0 Å². The Kier molecular flexibility index (Phi) is 7.64. The van der Waals surface area contributed by atoms with E-state index in [4.69, 9.17) is 4.74 Å². The van der Waals surface area contributed by atoms with Crippen molar-refractivity contribution in [2.75, 3.05) is 19.6 Å². The molecule has 0 amide bonds. The summed E-state index contributed by atoms with van der Waals surface area (Å²) in [6.07, 6.45) is 8.19. The van der Waals surface area contributed by atoms with E-state index >= 15 is 0 Å². The van der Waals surface area contributed by atoms with E-state index in [0.29, 0.717) is 12.6 Å². The molecule has 0 aliphatic carbocycles. The average molecular weight is 417 g/mol. The lowest BCUT2D eigenvalue weighted by atomic mass is 10.1. The molecule has 1 fully saturated rings. The van der Waals surface area contributed by atoms with Crippen LogP contribution >= 0.6 is 0 Å². The fourth-order valence-corrected chi connectivity index (χ4v) is 4.40. The second-order valence-electron chi connectivity index (χ2n) is 8.17. The highest BCUT2D eigenvalue weighted by molar-refractivity contribution is 5.33. The molecular weight excluding hydrogens is 384 g/mol. The summed E-state index contributed by atoms with van der Waals surface area (Å²) in [5.41, 5.74) is 3.40. The Morgan fingerprint density at radius 3 is 2.74 bits per heavy atom. The van der Waals surface area contributed by atoms with Crippen LogP contribution in [0, 0.1) is 0 Å². The van der Waals surface area contributed by atoms with Crippen molar-refractivity contribution in [3.8, 4) is 5.75 Å². The number of pyridine rings is 2. The molecule has 1 aliphatic rings. The topological polar surface area (TPSA) is 41.5 Å². The minimum absolute atomic E-state index is 0.479. The molecule has 2 aromatic heterocycles. The molecule has 0 radical (unpaired) electrons. The van der Waals surface area contributed by atoms with Gasteiger partial charge in [0.15, 0.2) is 0 Å². The predicted octanol–water partition coefficient (Wildman–Crippen LogP) is 4.54. The maximum atomic E-state index is 6.17. The highest BCUT2D eigenvalue weighted by atomic mass is 16.5. The van der Waals surface area contributed by atoms with Gasteiger partial charge in [0.2, 0.25) is 0 Å². The second-order valence-corrected chi connectivity index (χ2v) is 8.17. The van der Waals surface area contributed by atoms with Crippen LogP contribution in [-0.4, -0.2) is 45.4 Å². The van der Waals surface area contributed by atoms with Crippen LogP contribution < -0.4 is 4.74 Å². The number of rotatable bonds is 10. The summed E-state index contributed by atoms with van der Waals surface area (Å²) in [5, 5.41) is 0. The lowest BCUT2D eigenvalue weighted by Crippen LogP contribution is -2.39. The summed E-state index contributed by atoms with van der Waals surface area (Å²) in [6, 6.07) is 19.1. The molecule has 5 heteroatoms. The molecule has 0 N–H and O–H groups in total. The number of para-hydroxylation sites is 1. The van der Waals surface area contributed by atoms with E-state index < -0.39 is 0 Å². The third kappa shape index (κ3) is 6.12. The summed E-state index contributed by atoms with van der Waals surface area (Å²) >= 11 is 0. The van der Waals surface area contributed by atoms with E-state index in [2.05, 4.69) is 51.0 Å². The zero-order valence-corrected chi connectivity index (χ0v) is 18.4. The summed E-state index contributed by atoms with van der Waals surface area (Å²) in [7, 11) is 0. The number of likely N-dealkylation sites (tertiary alicyclic amines) is 1. The molecular formula is C26H32N4O. The highest BCUT2D eigenvalue weighted by Crippen LogP contribution is 2.24. The summed E-state index contributed by atoms with van der Waals surface area (Å²) in [4.78, 5) is 13.8. The van der Waals surface area contributed by atoms with Crippen molar-refractivity contribution in [3.05, 3.63) is 90.0 Å². The van der Waals surface area contributed by atoms with Gasteiger partial charge in [-0.1, -0.05) is 37.3 Å². The van der Waals surface area contributed by atoms with Gasteiger partial charge in [-0.05, 0) is 55.8 Å². The molecule has 1 atom stereocenters. The van der Waals surface area contributed by atoms with Gasteiger partial charge in [0, 0.05) is 49.8 Å². The zero-order valence-electron chi connectivity index (χ0n) is 18.4. The fraction of sp³-hybridized carbons (Fsp3) is 0.385. The third-order valence-corrected chi connectivity index (χ3v) is 5.97. The van der Waals surface area contributed by atoms with E-state index in [1.54, 1.807) is 6.20 Å². The first kappa shape index (κ1) is 21.5. The van der Waals surface area contributed by atoms with Crippen LogP contribution in [-0.2, 0) is 19.7 Å². The van der Waals surface area contributed by atoms with Crippen molar-refractivity contribution in [1.82, 2.24) is 19.8 Å². The van der Waals surface area contributed by atoms with E-state index in [1.807, 2.05) is 42.7 Å². The third-order valence-electron chi connectivity index (χ3n) is 5.97. The van der Waals surface area contributed by atoms with Crippen molar-refractivity contribution in [3.63, 3.8) is 0 Å². The standard InChI is InChI=1S/C26H32N4O/c1-2-30-16-8-12-25(30)20-29(18-22-9-7-14-27-17-22)19-23-10-3-4-13-26(23)31-21-24-11-5-6-15-28-24/h3-7,9-11,13-15,17,25H,2,8,12,16,18-21H2,1H3. The largest absolute Gasteiger partial charge is 0.487 e. The van der Waals surface area contributed by atoms with Crippen molar-refractivity contribution in [2.45, 2.75) is 45.5 Å². The Labute approximate surface area is 185 Å². The lowest BCUT2D eigenvalue weighted by Gasteiger charge is -2.30. The molecule has 1 saturated heterocycles. The summed E-state index contributed by atoms with van der Waals surface area (Å²) < 4.78 is 6.17. The van der Waals surface area contributed by atoms with Crippen molar-refractivity contribution in [2.24, 2.45) is 0 Å². The van der Waals surface area contributed by atoms with Crippen LogP contribution in [0.1, 0.15) is 36.6 Å². The maximum Gasteiger partial charge on any atom is 0.130 e. The van der Waals surface area contributed by atoms with Gasteiger partial charge in [0.1, 0.15) is 12.4 Å². The number of benzene rings is 1. The smallest absolute Gasteiger partial charge is 0.130 e. The number of nitrogens with zero attached hydrogens (tertiary/aromatic N) is 4. The van der Waals surface area contributed by atoms with Gasteiger partial charge >= 0.3 is 0 Å². The van der Waals surface area contributed by atoms with Gasteiger partial charge in [0.25, 0.3) is 0 Å². The molecule has 0 spiro atoms. The Morgan fingerprint density at radius 2 is 1.94 bits per heavy atom.